The first-order valence-electron chi connectivity index (χ1n) is 6.43. The number of halogens is 1. The summed E-state index contributed by atoms with van der Waals surface area (Å²) in [5.74, 6) is 0.396. The second-order valence-corrected chi connectivity index (χ2v) is 4.57. The molecule has 0 aliphatic rings. The first-order chi connectivity index (χ1) is 9.67. The smallest absolute Gasteiger partial charge is 0.125 e. The van der Waals surface area contributed by atoms with E-state index >= 15 is 0 Å². The van der Waals surface area contributed by atoms with Gasteiger partial charge >= 0.3 is 0 Å². The summed E-state index contributed by atoms with van der Waals surface area (Å²) in [6.45, 7) is 0.988. The highest BCUT2D eigenvalue weighted by Crippen LogP contribution is 2.16. The lowest BCUT2D eigenvalue weighted by Gasteiger charge is -2.08. The van der Waals surface area contributed by atoms with Crippen molar-refractivity contribution in [3.8, 4) is 5.75 Å². The van der Waals surface area contributed by atoms with Gasteiger partial charge in [-0.3, -0.25) is 0 Å². The van der Waals surface area contributed by atoms with Crippen molar-refractivity contribution in [1.82, 2.24) is 0 Å². The highest BCUT2D eigenvalue weighted by molar-refractivity contribution is 5.41. The molecule has 0 amide bonds. The van der Waals surface area contributed by atoms with Crippen molar-refractivity contribution in [3.05, 3.63) is 59.4 Å². The molecule has 4 heteroatoms. The number of methoxy groups -OCH3 is 1. The van der Waals surface area contributed by atoms with Crippen molar-refractivity contribution in [2.75, 3.05) is 19.5 Å². The summed E-state index contributed by atoms with van der Waals surface area (Å²) < 4.78 is 23.8. The van der Waals surface area contributed by atoms with E-state index in [4.69, 9.17) is 15.2 Å². The quantitative estimate of drug-likeness (QED) is 0.823. The molecule has 0 fully saturated rings. The second-order valence-electron chi connectivity index (χ2n) is 4.57. The topological polar surface area (TPSA) is 44.5 Å². The Hall–Kier alpha value is -2.07. The number of hydrogen-bond donors (Lipinski definition) is 1. The molecule has 0 heterocycles. The van der Waals surface area contributed by atoms with Crippen molar-refractivity contribution in [3.63, 3.8) is 0 Å². The SMILES string of the molecule is COCCc1ccc(OCc2cc(N)cc(F)c2)cc1. The van der Waals surface area contributed by atoms with Crippen molar-refractivity contribution in [1.29, 1.82) is 0 Å². The van der Waals surface area contributed by atoms with E-state index in [1.807, 2.05) is 24.3 Å². The number of anilines is 1. The molecule has 0 saturated carbocycles. The summed E-state index contributed by atoms with van der Waals surface area (Å²) in [7, 11) is 1.68. The lowest BCUT2D eigenvalue weighted by atomic mass is 10.1. The van der Waals surface area contributed by atoms with Gasteiger partial charge < -0.3 is 15.2 Å². The van der Waals surface area contributed by atoms with Crippen LogP contribution in [0.2, 0.25) is 0 Å². The van der Waals surface area contributed by atoms with Gasteiger partial charge in [0.15, 0.2) is 0 Å². The molecule has 0 aliphatic carbocycles. The summed E-state index contributed by atoms with van der Waals surface area (Å²) in [6, 6.07) is 12.2. The van der Waals surface area contributed by atoms with Crippen molar-refractivity contribution >= 4 is 5.69 Å². The monoisotopic (exact) mass is 275 g/mol. The van der Waals surface area contributed by atoms with E-state index in [1.54, 1.807) is 13.2 Å². The van der Waals surface area contributed by atoms with Crippen LogP contribution in [-0.2, 0) is 17.8 Å². The van der Waals surface area contributed by atoms with Gasteiger partial charge in [0.25, 0.3) is 0 Å². The Morgan fingerprint density at radius 1 is 1.05 bits per heavy atom. The van der Waals surface area contributed by atoms with Crippen LogP contribution in [0, 0.1) is 5.82 Å². The molecule has 2 rings (SSSR count). The summed E-state index contributed by atoms with van der Waals surface area (Å²) in [4.78, 5) is 0. The van der Waals surface area contributed by atoms with Gasteiger partial charge in [0.05, 0.1) is 6.61 Å². The molecule has 3 nitrogen and oxygen atoms in total. The van der Waals surface area contributed by atoms with Gasteiger partial charge in [0.1, 0.15) is 18.2 Å². The molecule has 0 radical (unpaired) electrons. The van der Waals surface area contributed by atoms with Crippen LogP contribution in [0.4, 0.5) is 10.1 Å². The fraction of sp³-hybridized carbons (Fsp3) is 0.250. The molecule has 2 aromatic carbocycles. The highest BCUT2D eigenvalue weighted by atomic mass is 19.1. The highest BCUT2D eigenvalue weighted by Gasteiger charge is 2.01. The van der Waals surface area contributed by atoms with Gasteiger partial charge in [-0.25, -0.2) is 4.39 Å². The molecular weight excluding hydrogens is 257 g/mol. The molecule has 0 aliphatic heterocycles. The van der Waals surface area contributed by atoms with Crippen molar-refractivity contribution in [2.45, 2.75) is 13.0 Å². The Balaban J connectivity index is 1.93. The molecule has 0 atom stereocenters. The average Bonchev–Trinajstić information content (AvgIpc) is 2.43. The number of hydrogen-bond acceptors (Lipinski definition) is 3. The lowest BCUT2D eigenvalue weighted by Crippen LogP contribution is -1.98. The Bertz CT molecular complexity index is 535. The maximum atomic E-state index is 13.2. The maximum absolute atomic E-state index is 13.2. The number of ether oxygens (including phenoxy) is 2. The standard InChI is InChI=1S/C16H18FNO2/c1-19-7-6-12-2-4-16(5-3-12)20-11-13-8-14(17)10-15(18)9-13/h2-5,8-10H,6-7,11,18H2,1H3. The van der Waals surface area contributed by atoms with Gasteiger partial charge in [-0.1, -0.05) is 12.1 Å². The minimum atomic E-state index is -0.349. The van der Waals surface area contributed by atoms with E-state index in [-0.39, 0.29) is 5.82 Å². The number of rotatable bonds is 6. The van der Waals surface area contributed by atoms with Gasteiger partial charge in [-0.15, -0.1) is 0 Å². The zero-order valence-corrected chi connectivity index (χ0v) is 11.4. The number of benzene rings is 2. The Morgan fingerprint density at radius 3 is 2.45 bits per heavy atom. The summed E-state index contributed by atoms with van der Waals surface area (Å²) >= 11 is 0. The molecular formula is C16H18FNO2. The second kappa shape index (κ2) is 6.91. The Labute approximate surface area is 118 Å². The van der Waals surface area contributed by atoms with Crippen LogP contribution in [0.5, 0.6) is 5.75 Å². The summed E-state index contributed by atoms with van der Waals surface area (Å²) in [5, 5.41) is 0. The van der Waals surface area contributed by atoms with Crippen LogP contribution < -0.4 is 10.5 Å². The summed E-state index contributed by atoms with van der Waals surface area (Å²) in [6.07, 6.45) is 0.872. The van der Waals surface area contributed by atoms with Crippen molar-refractivity contribution in [2.24, 2.45) is 0 Å². The zero-order valence-electron chi connectivity index (χ0n) is 11.4. The van der Waals surface area contributed by atoms with Gasteiger partial charge in [0, 0.05) is 12.8 Å². The minimum absolute atomic E-state index is 0.291. The van der Waals surface area contributed by atoms with Crippen LogP contribution in [0.15, 0.2) is 42.5 Å². The predicted molar refractivity (Wildman–Crippen MR) is 77.2 cm³/mol. The molecule has 0 bridgehead atoms. The van der Waals surface area contributed by atoms with E-state index in [0.29, 0.717) is 24.5 Å². The molecule has 20 heavy (non-hydrogen) atoms. The third-order valence-corrected chi connectivity index (χ3v) is 2.90. The normalized spacial score (nSPS) is 10.5. The molecule has 2 aromatic rings. The Kier molecular flexibility index (Phi) is 4.96. The van der Waals surface area contributed by atoms with Crippen LogP contribution in [0.1, 0.15) is 11.1 Å². The van der Waals surface area contributed by atoms with E-state index < -0.39 is 0 Å². The van der Waals surface area contributed by atoms with Crippen molar-refractivity contribution < 1.29 is 13.9 Å². The maximum Gasteiger partial charge on any atom is 0.125 e. The third kappa shape index (κ3) is 4.24. The van der Waals surface area contributed by atoms with Gasteiger partial charge in [-0.2, -0.15) is 0 Å². The number of nitrogens with two attached hydrogens (primary N) is 1. The van der Waals surface area contributed by atoms with Crippen LogP contribution in [0.25, 0.3) is 0 Å². The Morgan fingerprint density at radius 2 is 1.80 bits per heavy atom. The van der Waals surface area contributed by atoms with Crippen LogP contribution >= 0.6 is 0 Å². The molecule has 2 N–H and O–H groups in total. The molecule has 0 aromatic heterocycles. The van der Waals surface area contributed by atoms with E-state index in [0.717, 1.165) is 12.2 Å². The average molecular weight is 275 g/mol. The molecule has 106 valence electrons. The fourth-order valence-corrected chi connectivity index (χ4v) is 1.90. The van der Waals surface area contributed by atoms with E-state index in [2.05, 4.69) is 0 Å². The van der Waals surface area contributed by atoms with Gasteiger partial charge in [-0.05, 0) is 47.9 Å². The fourth-order valence-electron chi connectivity index (χ4n) is 1.90. The number of nitrogen functional groups attached to an aromatic ring is 1. The molecule has 0 saturated heterocycles. The zero-order chi connectivity index (χ0) is 14.4. The summed E-state index contributed by atoms with van der Waals surface area (Å²) in [5.41, 5.74) is 7.89. The van der Waals surface area contributed by atoms with Crippen LogP contribution in [-0.4, -0.2) is 13.7 Å². The molecule has 0 spiro atoms. The van der Waals surface area contributed by atoms with E-state index in [9.17, 15) is 4.39 Å². The molecule has 0 unspecified atom stereocenters. The van der Waals surface area contributed by atoms with Gasteiger partial charge in [0.2, 0.25) is 0 Å². The minimum Gasteiger partial charge on any atom is -0.489 e. The first-order valence-corrected chi connectivity index (χ1v) is 6.43. The third-order valence-electron chi connectivity index (χ3n) is 2.90. The lowest BCUT2D eigenvalue weighted by molar-refractivity contribution is 0.202. The first kappa shape index (κ1) is 14.3. The van der Waals surface area contributed by atoms with E-state index in [1.165, 1.54) is 17.7 Å². The van der Waals surface area contributed by atoms with Crippen LogP contribution in [0.3, 0.4) is 0 Å². The predicted octanol–water partition coefficient (Wildman–Crippen LogP) is 3.18. The largest absolute Gasteiger partial charge is 0.489 e.